The van der Waals surface area contributed by atoms with E-state index in [2.05, 4.69) is 10.6 Å². The molecule has 0 aliphatic heterocycles. The van der Waals surface area contributed by atoms with Crippen LogP contribution in [0.2, 0.25) is 5.02 Å². The summed E-state index contributed by atoms with van der Waals surface area (Å²) >= 11 is 6.98. The fourth-order valence-electron chi connectivity index (χ4n) is 2.51. The highest BCUT2D eigenvalue weighted by Crippen LogP contribution is 2.40. The van der Waals surface area contributed by atoms with Gasteiger partial charge >= 0.3 is 6.03 Å². The van der Waals surface area contributed by atoms with E-state index in [0.29, 0.717) is 27.7 Å². The lowest BCUT2D eigenvalue weighted by Gasteiger charge is -2.10. The van der Waals surface area contributed by atoms with Gasteiger partial charge in [-0.1, -0.05) is 29.8 Å². The molecule has 0 saturated carbocycles. The minimum atomic E-state index is -3.35. The molecule has 2 aromatic rings. The van der Waals surface area contributed by atoms with Gasteiger partial charge in [-0.3, -0.25) is 5.32 Å². The lowest BCUT2D eigenvalue weighted by molar-refractivity contribution is 0.262. The maximum Gasteiger partial charge on any atom is 0.324 e. The Morgan fingerprint density at radius 2 is 2.08 bits per heavy atom. The third-order valence-electron chi connectivity index (χ3n) is 3.51. The average molecular weight is 383 g/mol. The molecule has 8 heteroatoms. The van der Waals surface area contributed by atoms with Crippen LogP contribution < -0.4 is 10.6 Å². The number of rotatable bonds is 3. The van der Waals surface area contributed by atoms with Crippen molar-refractivity contribution in [3.63, 3.8) is 0 Å². The summed E-state index contributed by atoms with van der Waals surface area (Å²) in [6.45, 7) is 0. The Morgan fingerprint density at radius 1 is 1.29 bits per heavy atom. The monoisotopic (exact) mass is 382 g/mol. The second-order valence-electron chi connectivity index (χ2n) is 5.41. The van der Waals surface area contributed by atoms with Crippen LogP contribution in [0.5, 0.6) is 0 Å². The number of allylic oxidation sites excluding steroid dienone is 1. The number of carbonyl (C=O) groups is 1. The zero-order chi connectivity index (χ0) is 17.3. The Kier molecular flexibility index (Phi) is 4.67. The van der Waals surface area contributed by atoms with Gasteiger partial charge in [0, 0.05) is 22.5 Å². The van der Waals surface area contributed by atoms with Crippen LogP contribution in [0.15, 0.2) is 34.6 Å². The van der Waals surface area contributed by atoms with Crippen molar-refractivity contribution in [3.05, 3.63) is 46.5 Å². The van der Waals surface area contributed by atoms with E-state index in [0.717, 1.165) is 23.3 Å². The van der Waals surface area contributed by atoms with Crippen LogP contribution in [0.3, 0.4) is 0 Å². The van der Waals surface area contributed by atoms with E-state index in [4.69, 9.17) is 11.6 Å². The number of nitrogens with one attached hydrogen (secondary N) is 2. The summed E-state index contributed by atoms with van der Waals surface area (Å²) in [5.41, 5.74) is 2.12. The molecular weight excluding hydrogens is 368 g/mol. The van der Waals surface area contributed by atoms with Crippen LogP contribution in [0.4, 0.5) is 15.5 Å². The van der Waals surface area contributed by atoms with E-state index < -0.39 is 15.9 Å². The Labute approximate surface area is 149 Å². The summed E-state index contributed by atoms with van der Waals surface area (Å²) in [6, 6.07) is 6.37. The van der Waals surface area contributed by atoms with Crippen molar-refractivity contribution in [3.8, 4) is 0 Å². The van der Waals surface area contributed by atoms with Gasteiger partial charge < -0.3 is 5.32 Å². The molecule has 1 aromatic carbocycles. The van der Waals surface area contributed by atoms with E-state index in [-0.39, 0.29) is 4.21 Å². The first-order chi connectivity index (χ1) is 11.3. The van der Waals surface area contributed by atoms with Gasteiger partial charge in [0.25, 0.3) is 0 Å². The Morgan fingerprint density at radius 3 is 2.79 bits per heavy atom. The van der Waals surface area contributed by atoms with Gasteiger partial charge in [0.15, 0.2) is 9.84 Å². The number of carbonyl (C=O) groups excluding carboxylic acids is 1. The lowest BCUT2D eigenvalue weighted by Crippen LogP contribution is -2.19. The first-order valence-corrected chi connectivity index (χ1v) is 10.3. The number of hydrogen-bond acceptors (Lipinski definition) is 4. The SMILES string of the molecule is CS(=O)(=O)c1sc(NC(=O)Nc2cccc(Cl)c2)c2c1C=CCC2. The molecule has 1 heterocycles. The zero-order valence-electron chi connectivity index (χ0n) is 12.8. The molecular formula is C16H15ClN2O3S2. The molecule has 0 fully saturated rings. The van der Waals surface area contributed by atoms with Gasteiger partial charge in [0.1, 0.15) is 9.21 Å². The molecule has 0 unspecified atom stereocenters. The van der Waals surface area contributed by atoms with Crippen LogP contribution in [0.1, 0.15) is 17.5 Å². The summed E-state index contributed by atoms with van der Waals surface area (Å²) in [5, 5.41) is 6.53. The molecule has 0 radical (unpaired) electrons. The maximum atomic E-state index is 12.2. The van der Waals surface area contributed by atoms with Crippen LogP contribution in [-0.2, 0) is 16.3 Å². The van der Waals surface area contributed by atoms with Gasteiger partial charge in [0.05, 0.1) is 0 Å². The number of benzene rings is 1. The van der Waals surface area contributed by atoms with E-state index in [1.807, 2.05) is 12.2 Å². The molecule has 2 amide bonds. The molecule has 2 N–H and O–H groups in total. The summed E-state index contributed by atoms with van der Waals surface area (Å²) in [7, 11) is -3.35. The van der Waals surface area contributed by atoms with Crippen molar-refractivity contribution in [1.82, 2.24) is 0 Å². The van der Waals surface area contributed by atoms with E-state index >= 15 is 0 Å². The quantitative estimate of drug-likeness (QED) is 0.825. The molecule has 5 nitrogen and oxygen atoms in total. The number of anilines is 2. The number of sulfone groups is 1. The number of thiophene rings is 1. The fraction of sp³-hybridized carbons (Fsp3) is 0.188. The van der Waals surface area contributed by atoms with Gasteiger partial charge in [0.2, 0.25) is 0 Å². The second kappa shape index (κ2) is 6.58. The third kappa shape index (κ3) is 3.63. The van der Waals surface area contributed by atoms with Gasteiger partial charge in [-0.2, -0.15) is 0 Å². The van der Waals surface area contributed by atoms with Gasteiger partial charge in [-0.05, 0) is 36.6 Å². The number of fused-ring (bicyclic) bond motifs is 1. The number of halogens is 1. The van der Waals surface area contributed by atoms with Gasteiger partial charge in [-0.15, -0.1) is 11.3 Å². The van der Waals surface area contributed by atoms with Crippen molar-refractivity contribution < 1.29 is 13.2 Å². The summed E-state index contributed by atoms with van der Waals surface area (Å²) in [6.07, 6.45) is 6.45. The van der Waals surface area contributed by atoms with Crippen LogP contribution in [-0.4, -0.2) is 20.7 Å². The maximum absolute atomic E-state index is 12.2. The lowest BCUT2D eigenvalue weighted by atomic mass is 10.0. The number of amides is 2. The van der Waals surface area contributed by atoms with Crippen LogP contribution >= 0.6 is 22.9 Å². The second-order valence-corrected chi connectivity index (χ2v) is 9.08. The molecule has 126 valence electrons. The smallest absolute Gasteiger partial charge is 0.308 e. The fourth-order valence-corrected chi connectivity index (χ4v) is 5.11. The van der Waals surface area contributed by atoms with E-state index in [1.165, 1.54) is 6.26 Å². The largest absolute Gasteiger partial charge is 0.324 e. The molecule has 0 spiro atoms. The normalized spacial score (nSPS) is 13.4. The third-order valence-corrected chi connectivity index (χ3v) is 6.75. The highest BCUT2D eigenvalue weighted by atomic mass is 35.5. The van der Waals surface area contributed by atoms with Crippen molar-refractivity contribution in [2.45, 2.75) is 17.1 Å². The zero-order valence-corrected chi connectivity index (χ0v) is 15.2. The molecule has 24 heavy (non-hydrogen) atoms. The minimum Gasteiger partial charge on any atom is -0.308 e. The first kappa shape index (κ1) is 17.0. The molecule has 1 aliphatic carbocycles. The van der Waals surface area contributed by atoms with Crippen LogP contribution in [0.25, 0.3) is 6.08 Å². The Balaban J connectivity index is 1.86. The molecule has 1 aliphatic rings. The molecule has 0 bridgehead atoms. The standard InChI is InChI=1S/C16H15ClN2O3S2/c1-24(21,22)15-13-8-3-2-7-12(13)14(23-15)19-16(20)18-11-6-4-5-10(17)9-11/h3-6,8-9H,2,7H2,1H3,(H2,18,19,20). The Bertz CT molecular complexity index is 933. The summed E-state index contributed by atoms with van der Waals surface area (Å²) in [4.78, 5) is 12.2. The van der Waals surface area contributed by atoms with Crippen molar-refractivity contribution in [2.24, 2.45) is 0 Å². The highest BCUT2D eigenvalue weighted by Gasteiger charge is 2.24. The van der Waals surface area contributed by atoms with Crippen LogP contribution in [0, 0.1) is 0 Å². The predicted octanol–water partition coefficient (Wildman–Crippen LogP) is 4.41. The Hall–Kier alpha value is -1.83. The predicted molar refractivity (Wildman–Crippen MR) is 98.9 cm³/mol. The molecule has 0 saturated heterocycles. The van der Waals surface area contributed by atoms with Gasteiger partial charge in [-0.25, -0.2) is 13.2 Å². The highest BCUT2D eigenvalue weighted by molar-refractivity contribution is 7.93. The first-order valence-electron chi connectivity index (χ1n) is 7.20. The van der Waals surface area contributed by atoms with Crippen molar-refractivity contribution in [2.75, 3.05) is 16.9 Å². The average Bonchev–Trinajstić information content (AvgIpc) is 2.86. The summed E-state index contributed by atoms with van der Waals surface area (Å²) < 4.78 is 24.2. The number of urea groups is 1. The minimum absolute atomic E-state index is 0.284. The molecule has 1 aromatic heterocycles. The van der Waals surface area contributed by atoms with E-state index in [9.17, 15) is 13.2 Å². The molecule has 0 atom stereocenters. The summed E-state index contributed by atoms with van der Waals surface area (Å²) in [5.74, 6) is 0. The topological polar surface area (TPSA) is 75.3 Å². The van der Waals surface area contributed by atoms with E-state index in [1.54, 1.807) is 24.3 Å². The van der Waals surface area contributed by atoms with Crippen molar-refractivity contribution in [1.29, 1.82) is 0 Å². The van der Waals surface area contributed by atoms with Crippen molar-refractivity contribution >= 4 is 55.6 Å². The number of hydrogen-bond donors (Lipinski definition) is 2. The molecule has 3 rings (SSSR count).